The van der Waals surface area contributed by atoms with Crippen molar-refractivity contribution in [3.63, 3.8) is 0 Å². The lowest BCUT2D eigenvalue weighted by molar-refractivity contribution is -0.147. The van der Waals surface area contributed by atoms with Crippen LogP contribution in [0.2, 0.25) is 0 Å². The van der Waals surface area contributed by atoms with Gasteiger partial charge >= 0.3 is 11.9 Å². The maximum Gasteiger partial charge on any atom is 0.310 e. The lowest BCUT2D eigenvalue weighted by Gasteiger charge is -2.09. The van der Waals surface area contributed by atoms with Gasteiger partial charge in [-0.25, -0.2) is 22.0 Å². The molecule has 2 aliphatic carbocycles. The summed E-state index contributed by atoms with van der Waals surface area (Å²) in [5, 5.41) is 8.76. The van der Waals surface area contributed by atoms with Gasteiger partial charge in [-0.05, 0) is 34.8 Å². The summed E-state index contributed by atoms with van der Waals surface area (Å²) in [5.74, 6) is -13.6. The van der Waals surface area contributed by atoms with Gasteiger partial charge in [-0.15, -0.1) is 0 Å². The summed E-state index contributed by atoms with van der Waals surface area (Å²) in [4.78, 5) is 22.7. The van der Waals surface area contributed by atoms with Crippen LogP contribution in [0.3, 0.4) is 0 Å². The van der Waals surface area contributed by atoms with E-state index < -0.39 is 64.5 Å². The van der Waals surface area contributed by atoms with Gasteiger partial charge in [0.2, 0.25) is 5.82 Å². The molecule has 13 heteroatoms. The maximum absolute atomic E-state index is 13.5. The van der Waals surface area contributed by atoms with Crippen LogP contribution in [-0.4, -0.2) is 17.0 Å². The first-order valence-electron chi connectivity index (χ1n) is 10.3. The van der Waals surface area contributed by atoms with E-state index in [1.54, 1.807) is 19.9 Å². The molecule has 0 amide bonds. The van der Waals surface area contributed by atoms with Crippen molar-refractivity contribution in [1.29, 1.82) is 0 Å². The third kappa shape index (κ3) is 6.29. The molecule has 0 aliphatic heterocycles. The van der Waals surface area contributed by atoms with E-state index in [9.17, 15) is 31.5 Å². The topological polar surface area (TPSA) is 63.6 Å². The molecule has 0 bridgehead atoms. The van der Waals surface area contributed by atoms with Crippen LogP contribution in [0.25, 0.3) is 0 Å². The number of esters is 1. The third-order valence-corrected chi connectivity index (χ3v) is 7.12. The highest BCUT2D eigenvalue weighted by molar-refractivity contribution is 6.56. The summed E-state index contributed by atoms with van der Waals surface area (Å²) in [6.45, 7) is 6.14. The van der Waals surface area contributed by atoms with Crippen LogP contribution in [0.15, 0.2) is 21.1 Å². The molecule has 3 rings (SSSR count). The van der Waals surface area contributed by atoms with E-state index in [-0.39, 0.29) is 32.2 Å². The highest BCUT2D eigenvalue weighted by Gasteiger charge is 2.62. The SMILES string of the molecule is CC1(C)C(C=C(Cl)Cl)C1C(=O)O.CC1(C)C(C=C(Cl)Cl)C1C(=O)OCc1c(F)c(F)c(F)c(F)c1F. The van der Waals surface area contributed by atoms with Gasteiger partial charge in [-0.2, -0.15) is 0 Å². The Morgan fingerprint density at radius 1 is 0.778 bits per heavy atom. The van der Waals surface area contributed by atoms with Crippen molar-refractivity contribution in [3.05, 3.63) is 55.8 Å². The number of aliphatic carboxylic acids is 1. The summed E-state index contributed by atoms with van der Waals surface area (Å²) in [6, 6.07) is 0. The maximum atomic E-state index is 13.5. The van der Waals surface area contributed by atoms with Crippen LogP contribution >= 0.6 is 46.4 Å². The zero-order valence-corrected chi connectivity index (χ0v) is 22.3. The third-order valence-electron chi connectivity index (χ3n) is 6.61. The number of ether oxygens (including phenoxy) is 1. The lowest BCUT2D eigenvalue weighted by Crippen LogP contribution is -2.14. The molecule has 4 unspecified atom stereocenters. The molecule has 2 saturated carbocycles. The Hall–Kier alpha value is -1.55. The van der Waals surface area contributed by atoms with Crippen LogP contribution in [-0.2, 0) is 20.9 Å². The van der Waals surface area contributed by atoms with E-state index in [2.05, 4.69) is 0 Å². The van der Waals surface area contributed by atoms with Crippen molar-refractivity contribution in [2.24, 2.45) is 34.5 Å². The Balaban J connectivity index is 0.000000319. The van der Waals surface area contributed by atoms with Crippen molar-refractivity contribution < 1.29 is 41.4 Å². The van der Waals surface area contributed by atoms with Gasteiger partial charge in [0.15, 0.2) is 23.3 Å². The second kappa shape index (κ2) is 11.1. The van der Waals surface area contributed by atoms with E-state index in [1.165, 1.54) is 6.08 Å². The zero-order chi connectivity index (χ0) is 27.9. The number of hydrogen-bond acceptors (Lipinski definition) is 3. The number of benzene rings is 1. The molecule has 0 heterocycles. The van der Waals surface area contributed by atoms with Gasteiger partial charge in [0.1, 0.15) is 15.6 Å². The monoisotopic (exact) mass is 596 g/mol. The summed E-state index contributed by atoms with van der Waals surface area (Å²) < 4.78 is 71.0. The zero-order valence-electron chi connectivity index (χ0n) is 19.2. The second-order valence-corrected chi connectivity index (χ2v) is 11.6. The van der Waals surface area contributed by atoms with Gasteiger partial charge in [0.05, 0.1) is 17.4 Å². The first-order valence-corrected chi connectivity index (χ1v) is 11.8. The number of halogens is 9. The number of carboxylic acid groups (broad SMARTS) is 1. The summed E-state index contributed by atoms with van der Waals surface area (Å²) in [7, 11) is 0. The minimum absolute atomic E-state index is 0.0278. The molecule has 0 aromatic heterocycles. The first kappa shape index (κ1) is 30.7. The number of allylic oxidation sites excluding steroid dienone is 2. The average Bonchev–Trinajstić information content (AvgIpc) is 3.50. The minimum atomic E-state index is -2.27. The molecular weight excluding hydrogens is 577 g/mol. The molecule has 0 spiro atoms. The molecule has 0 radical (unpaired) electrons. The molecule has 4 atom stereocenters. The minimum Gasteiger partial charge on any atom is -0.481 e. The summed E-state index contributed by atoms with van der Waals surface area (Å²) >= 11 is 21.9. The fourth-order valence-electron chi connectivity index (χ4n) is 4.18. The highest BCUT2D eigenvalue weighted by atomic mass is 35.5. The van der Waals surface area contributed by atoms with Crippen LogP contribution < -0.4 is 0 Å². The molecule has 2 aliphatic rings. The van der Waals surface area contributed by atoms with Crippen molar-refractivity contribution in [3.8, 4) is 0 Å². The summed E-state index contributed by atoms with van der Waals surface area (Å²) in [5.41, 5.74) is -1.97. The summed E-state index contributed by atoms with van der Waals surface area (Å²) in [6.07, 6.45) is 3.02. The van der Waals surface area contributed by atoms with Crippen LogP contribution in [0.4, 0.5) is 22.0 Å². The van der Waals surface area contributed by atoms with Crippen molar-refractivity contribution >= 4 is 58.3 Å². The molecule has 36 heavy (non-hydrogen) atoms. The predicted molar refractivity (Wildman–Crippen MR) is 125 cm³/mol. The number of hydrogen-bond donors (Lipinski definition) is 1. The van der Waals surface area contributed by atoms with E-state index in [0.29, 0.717) is 0 Å². The second-order valence-electron chi connectivity index (χ2n) is 9.56. The average molecular weight is 598 g/mol. The van der Waals surface area contributed by atoms with Crippen molar-refractivity contribution in [2.45, 2.75) is 34.3 Å². The Labute approximate surface area is 224 Å². The smallest absolute Gasteiger partial charge is 0.310 e. The fraction of sp³-hybridized carbons (Fsp3) is 0.478. The van der Waals surface area contributed by atoms with Crippen molar-refractivity contribution in [1.82, 2.24) is 0 Å². The molecule has 4 nitrogen and oxygen atoms in total. The van der Waals surface area contributed by atoms with Gasteiger partial charge in [0.25, 0.3) is 0 Å². The van der Waals surface area contributed by atoms with Gasteiger partial charge < -0.3 is 9.84 Å². The quantitative estimate of drug-likeness (QED) is 0.158. The molecule has 1 aromatic rings. The fourth-order valence-corrected chi connectivity index (χ4v) is 4.72. The van der Waals surface area contributed by atoms with Crippen LogP contribution in [0.5, 0.6) is 0 Å². The van der Waals surface area contributed by atoms with E-state index in [1.807, 2.05) is 13.8 Å². The van der Waals surface area contributed by atoms with E-state index in [0.717, 1.165) is 0 Å². The van der Waals surface area contributed by atoms with Crippen LogP contribution in [0, 0.1) is 63.6 Å². The lowest BCUT2D eigenvalue weighted by atomic mass is 10.1. The normalized spacial score (nSPS) is 24.6. The molecule has 1 N–H and O–H groups in total. The van der Waals surface area contributed by atoms with Crippen molar-refractivity contribution in [2.75, 3.05) is 0 Å². The van der Waals surface area contributed by atoms with E-state index >= 15 is 0 Å². The predicted octanol–water partition coefficient (Wildman–Crippen LogP) is 7.68. The molecule has 1 aromatic carbocycles. The molecule has 0 saturated heterocycles. The molecule has 200 valence electrons. The Bertz CT molecular complexity index is 1100. The Kier molecular flexibility index (Phi) is 9.42. The highest BCUT2D eigenvalue weighted by Crippen LogP contribution is 2.60. The number of rotatable bonds is 6. The van der Waals surface area contributed by atoms with Gasteiger partial charge in [-0.1, -0.05) is 74.1 Å². The molecular formula is C23H21Cl4F5O4. The first-order chi connectivity index (χ1) is 16.4. The number of carbonyl (C=O) groups is 2. The largest absolute Gasteiger partial charge is 0.481 e. The van der Waals surface area contributed by atoms with Gasteiger partial charge in [-0.3, -0.25) is 9.59 Å². The van der Waals surface area contributed by atoms with Crippen LogP contribution in [0.1, 0.15) is 33.3 Å². The number of carbonyl (C=O) groups excluding carboxylic acids is 1. The standard InChI is InChI=1S/C15H11Cl2F5O2.C8H10Cl2O2/c1-15(2)6(3-7(16)17)8(15)14(23)24-4-5-9(18)11(20)13(22)12(21)10(5)19;1-8(2)4(3-5(9)10)6(8)7(11)12/h3,6,8H,4H2,1-2H3;3-4,6H,1-2H3,(H,11,12). The Morgan fingerprint density at radius 3 is 1.50 bits per heavy atom. The van der Waals surface area contributed by atoms with E-state index in [4.69, 9.17) is 56.2 Å². The van der Waals surface area contributed by atoms with Gasteiger partial charge in [0, 0.05) is 0 Å². The Morgan fingerprint density at radius 2 is 1.14 bits per heavy atom. The number of carboxylic acids is 1. The molecule has 2 fully saturated rings.